The molecular formula is C16H24ClN3O. The molecule has 116 valence electrons. The lowest BCUT2D eigenvalue weighted by Gasteiger charge is -2.22. The van der Waals surface area contributed by atoms with E-state index in [1.54, 1.807) is 12.3 Å². The van der Waals surface area contributed by atoms with E-state index in [-0.39, 0.29) is 5.91 Å². The molecule has 4 nitrogen and oxygen atoms in total. The number of anilines is 1. The van der Waals surface area contributed by atoms with Gasteiger partial charge in [0.25, 0.3) is 5.91 Å². The number of carbonyl (C=O) groups excluding carboxylic acids is 1. The number of rotatable bonds is 8. The van der Waals surface area contributed by atoms with Gasteiger partial charge >= 0.3 is 0 Å². The Hall–Kier alpha value is -1.29. The largest absolute Gasteiger partial charge is 0.369 e. The van der Waals surface area contributed by atoms with Gasteiger partial charge in [-0.05, 0) is 31.7 Å². The first-order valence-electron chi connectivity index (χ1n) is 7.87. The molecule has 1 aromatic rings. The van der Waals surface area contributed by atoms with E-state index in [4.69, 9.17) is 11.6 Å². The number of nitrogens with one attached hydrogen (secondary N) is 1. The third-order valence-electron chi connectivity index (χ3n) is 3.63. The highest BCUT2D eigenvalue weighted by molar-refractivity contribution is 6.33. The van der Waals surface area contributed by atoms with Crippen LogP contribution in [0, 0.1) is 0 Å². The fourth-order valence-electron chi connectivity index (χ4n) is 2.26. The average Bonchev–Trinajstić information content (AvgIpc) is 3.31. The SMILES string of the molecule is CCCCN(C(=O)c1cnc(NCCC)c(Cl)c1)C1CC1. The first-order valence-corrected chi connectivity index (χ1v) is 8.25. The van der Waals surface area contributed by atoms with Crippen LogP contribution in [0.1, 0.15) is 56.3 Å². The number of pyridine rings is 1. The number of hydrogen-bond acceptors (Lipinski definition) is 3. The summed E-state index contributed by atoms with van der Waals surface area (Å²) in [6.45, 7) is 5.88. The first kappa shape index (κ1) is 16.1. The molecule has 21 heavy (non-hydrogen) atoms. The lowest BCUT2D eigenvalue weighted by molar-refractivity contribution is 0.0740. The molecule has 1 saturated carbocycles. The van der Waals surface area contributed by atoms with Gasteiger partial charge in [-0.1, -0.05) is 31.9 Å². The molecule has 2 rings (SSSR count). The predicted octanol–water partition coefficient (Wildman–Crippen LogP) is 3.96. The van der Waals surface area contributed by atoms with Gasteiger partial charge in [0.2, 0.25) is 0 Å². The van der Waals surface area contributed by atoms with Crippen LogP contribution >= 0.6 is 11.6 Å². The van der Waals surface area contributed by atoms with Gasteiger partial charge in [-0.25, -0.2) is 4.98 Å². The van der Waals surface area contributed by atoms with E-state index >= 15 is 0 Å². The maximum atomic E-state index is 12.6. The zero-order valence-electron chi connectivity index (χ0n) is 12.9. The highest BCUT2D eigenvalue weighted by atomic mass is 35.5. The second-order valence-corrected chi connectivity index (χ2v) is 5.97. The summed E-state index contributed by atoms with van der Waals surface area (Å²) in [5.74, 6) is 0.712. The lowest BCUT2D eigenvalue weighted by atomic mass is 10.2. The summed E-state index contributed by atoms with van der Waals surface area (Å²) >= 11 is 6.22. The van der Waals surface area contributed by atoms with Crippen LogP contribution in [0.5, 0.6) is 0 Å². The van der Waals surface area contributed by atoms with E-state index in [2.05, 4.69) is 24.1 Å². The van der Waals surface area contributed by atoms with E-state index in [1.807, 2.05) is 4.90 Å². The molecule has 0 saturated heterocycles. The Morgan fingerprint density at radius 2 is 2.19 bits per heavy atom. The topological polar surface area (TPSA) is 45.2 Å². The van der Waals surface area contributed by atoms with Crippen molar-refractivity contribution < 1.29 is 4.79 Å². The van der Waals surface area contributed by atoms with Gasteiger partial charge in [0.05, 0.1) is 10.6 Å². The zero-order chi connectivity index (χ0) is 15.2. The van der Waals surface area contributed by atoms with Gasteiger partial charge in [-0.3, -0.25) is 4.79 Å². The van der Waals surface area contributed by atoms with E-state index in [0.29, 0.717) is 22.4 Å². The predicted molar refractivity (Wildman–Crippen MR) is 87.0 cm³/mol. The van der Waals surface area contributed by atoms with E-state index in [9.17, 15) is 4.79 Å². The molecule has 1 heterocycles. The summed E-state index contributed by atoms with van der Waals surface area (Å²) in [4.78, 5) is 18.9. The maximum Gasteiger partial charge on any atom is 0.255 e. The fraction of sp³-hybridized carbons (Fsp3) is 0.625. The van der Waals surface area contributed by atoms with Crippen LogP contribution in [0.25, 0.3) is 0 Å². The van der Waals surface area contributed by atoms with Crippen molar-refractivity contribution in [1.82, 2.24) is 9.88 Å². The molecule has 0 atom stereocenters. The van der Waals surface area contributed by atoms with Crippen LogP contribution in [-0.2, 0) is 0 Å². The van der Waals surface area contributed by atoms with E-state index in [1.165, 1.54) is 0 Å². The molecule has 1 aliphatic carbocycles. The van der Waals surface area contributed by atoms with Gasteiger partial charge in [0.15, 0.2) is 0 Å². The molecule has 1 N–H and O–H groups in total. The Kier molecular flexibility index (Phi) is 5.85. The van der Waals surface area contributed by atoms with Crippen molar-refractivity contribution >= 4 is 23.3 Å². The Morgan fingerprint density at radius 1 is 1.43 bits per heavy atom. The average molecular weight is 310 g/mol. The Morgan fingerprint density at radius 3 is 2.76 bits per heavy atom. The second-order valence-electron chi connectivity index (χ2n) is 5.56. The monoisotopic (exact) mass is 309 g/mol. The third kappa shape index (κ3) is 4.34. The fourth-order valence-corrected chi connectivity index (χ4v) is 2.49. The van der Waals surface area contributed by atoms with Crippen molar-refractivity contribution in [2.24, 2.45) is 0 Å². The zero-order valence-corrected chi connectivity index (χ0v) is 13.6. The Labute approximate surface area is 131 Å². The quantitative estimate of drug-likeness (QED) is 0.790. The maximum absolute atomic E-state index is 12.6. The van der Waals surface area contributed by atoms with Gasteiger partial charge < -0.3 is 10.2 Å². The van der Waals surface area contributed by atoms with Crippen LogP contribution in [0.3, 0.4) is 0 Å². The molecule has 0 bridgehead atoms. The highest BCUT2D eigenvalue weighted by Gasteiger charge is 2.32. The van der Waals surface area contributed by atoms with Crippen molar-refractivity contribution in [3.63, 3.8) is 0 Å². The van der Waals surface area contributed by atoms with Crippen molar-refractivity contribution in [3.8, 4) is 0 Å². The lowest BCUT2D eigenvalue weighted by Crippen LogP contribution is -2.34. The molecule has 0 unspecified atom stereocenters. The van der Waals surface area contributed by atoms with Crippen LogP contribution in [0.4, 0.5) is 5.82 Å². The summed E-state index contributed by atoms with van der Waals surface area (Å²) in [7, 11) is 0. The van der Waals surface area contributed by atoms with Crippen LogP contribution in [0.2, 0.25) is 5.02 Å². The number of carbonyl (C=O) groups is 1. The molecule has 1 amide bonds. The summed E-state index contributed by atoms with van der Waals surface area (Å²) in [5, 5.41) is 3.67. The number of amides is 1. The molecule has 0 aromatic carbocycles. The Bertz CT molecular complexity index is 488. The minimum atomic E-state index is 0.0578. The van der Waals surface area contributed by atoms with Crippen LogP contribution in [0.15, 0.2) is 12.3 Å². The second kappa shape index (κ2) is 7.64. The molecular weight excluding hydrogens is 286 g/mol. The van der Waals surface area contributed by atoms with E-state index < -0.39 is 0 Å². The van der Waals surface area contributed by atoms with Gasteiger partial charge in [0.1, 0.15) is 5.82 Å². The van der Waals surface area contributed by atoms with Crippen LogP contribution < -0.4 is 5.32 Å². The summed E-state index contributed by atoms with van der Waals surface area (Å²) in [5.41, 5.74) is 0.588. The minimum Gasteiger partial charge on any atom is -0.369 e. The molecule has 1 fully saturated rings. The standard InChI is InChI=1S/C16H24ClN3O/c1-3-5-9-20(13-6-7-13)16(21)12-10-14(17)15(19-11-12)18-8-4-2/h10-11,13H,3-9H2,1-2H3,(H,18,19). The Balaban J connectivity index is 2.08. The summed E-state index contributed by atoms with van der Waals surface area (Å²) in [6.07, 6.45) is 7.01. The van der Waals surface area contributed by atoms with Crippen LogP contribution in [-0.4, -0.2) is 34.9 Å². The van der Waals surface area contributed by atoms with Crippen molar-refractivity contribution in [3.05, 3.63) is 22.8 Å². The normalized spacial score (nSPS) is 14.0. The minimum absolute atomic E-state index is 0.0578. The first-order chi connectivity index (χ1) is 10.2. The molecule has 1 aromatic heterocycles. The highest BCUT2D eigenvalue weighted by Crippen LogP contribution is 2.29. The number of hydrogen-bond donors (Lipinski definition) is 1. The number of unbranched alkanes of at least 4 members (excludes halogenated alkanes) is 1. The smallest absolute Gasteiger partial charge is 0.255 e. The van der Waals surface area contributed by atoms with Crippen molar-refractivity contribution in [2.75, 3.05) is 18.4 Å². The van der Waals surface area contributed by atoms with Gasteiger partial charge in [-0.15, -0.1) is 0 Å². The molecule has 0 spiro atoms. The van der Waals surface area contributed by atoms with Crippen molar-refractivity contribution in [1.29, 1.82) is 0 Å². The molecule has 0 aliphatic heterocycles. The number of nitrogens with zero attached hydrogens (tertiary/aromatic N) is 2. The molecule has 1 aliphatic rings. The summed E-state index contributed by atoms with van der Waals surface area (Å²) in [6, 6.07) is 2.15. The van der Waals surface area contributed by atoms with Crippen molar-refractivity contribution in [2.45, 2.75) is 52.0 Å². The van der Waals surface area contributed by atoms with E-state index in [0.717, 1.165) is 45.2 Å². The molecule has 5 heteroatoms. The number of halogens is 1. The third-order valence-corrected chi connectivity index (χ3v) is 3.92. The number of aromatic nitrogens is 1. The molecule has 0 radical (unpaired) electrons. The van der Waals surface area contributed by atoms with Gasteiger partial charge in [0, 0.05) is 25.3 Å². The van der Waals surface area contributed by atoms with Gasteiger partial charge in [-0.2, -0.15) is 0 Å². The summed E-state index contributed by atoms with van der Waals surface area (Å²) < 4.78 is 0.